The summed E-state index contributed by atoms with van der Waals surface area (Å²) in [7, 11) is 0. The number of carbonyl (C=O) groups excluding carboxylic acids is 3. The van der Waals surface area contributed by atoms with Gasteiger partial charge < -0.3 is 14.8 Å². The fourth-order valence-corrected chi connectivity index (χ4v) is 4.04. The molecule has 150 valence electrons. The van der Waals surface area contributed by atoms with E-state index >= 15 is 0 Å². The molecule has 29 heavy (non-hydrogen) atoms. The number of para-hydroxylation sites is 3. The molecule has 1 N–H and O–H groups in total. The number of amides is 2. The van der Waals surface area contributed by atoms with E-state index in [9.17, 15) is 14.4 Å². The third-order valence-corrected chi connectivity index (χ3v) is 5.38. The normalized spacial score (nSPS) is 16.8. The Kier molecular flexibility index (Phi) is 5.20. The predicted molar refractivity (Wildman–Crippen MR) is 107 cm³/mol. The highest BCUT2D eigenvalue weighted by molar-refractivity contribution is 6.15. The number of nitrogens with one attached hydrogen (secondary N) is 1. The van der Waals surface area contributed by atoms with Crippen LogP contribution in [0.1, 0.15) is 25.7 Å². The lowest BCUT2D eigenvalue weighted by Gasteiger charge is -2.44. The Bertz CT molecular complexity index is 922. The molecule has 0 saturated heterocycles. The average Bonchev–Trinajstić information content (AvgIpc) is 3.22. The molecule has 1 aliphatic carbocycles. The average molecular weight is 394 g/mol. The minimum absolute atomic E-state index is 0.180. The van der Waals surface area contributed by atoms with E-state index < -0.39 is 24.0 Å². The molecule has 0 aromatic heterocycles. The topological polar surface area (TPSA) is 84.9 Å². The second kappa shape index (κ2) is 7.95. The number of benzene rings is 2. The van der Waals surface area contributed by atoms with Crippen molar-refractivity contribution in [3.05, 3.63) is 54.6 Å². The van der Waals surface area contributed by atoms with E-state index in [-0.39, 0.29) is 12.5 Å². The van der Waals surface area contributed by atoms with Gasteiger partial charge in [-0.15, -0.1) is 0 Å². The monoisotopic (exact) mass is 394 g/mol. The molecule has 0 unspecified atom stereocenters. The van der Waals surface area contributed by atoms with Crippen molar-refractivity contribution in [1.82, 2.24) is 0 Å². The largest absolute Gasteiger partial charge is 0.482 e. The van der Waals surface area contributed by atoms with Gasteiger partial charge in [-0.1, -0.05) is 43.2 Å². The van der Waals surface area contributed by atoms with Crippen LogP contribution >= 0.6 is 0 Å². The van der Waals surface area contributed by atoms with Crippen molar-refractivity contribution < 1.29 is 23.9 Å². The van der Waals surface area contributed by atoms with Crippen molar-refractivity contribution >= 4 is 29.2 Å². The summed E-state index contributed by atoms with van der Waals surface area (Å²) >= 11 is 0. The third-order valence-electron chi connectivity index (χ3n) is 5.38. The molecule has 7 nitrogen and oxygen atoms in total. The lowest BCUT2D eigenvalue weighted by Crippen LogP contribution is -2.61. The highest BCUT2D eigenvalue weighted by Gasteiger charge is 2.52. The van der Waals surface area contributed by atoms with Crippen molar-refractivity contribution in [1.29, 1.82) is 0 Å². The van der Waals surface area contributed by atoms with Crippen molar-refractivity contribution in [2.24, 2.45) is 0 Å². The number of anilines is 2. The van der Waals surface area contributed by atoms with Gasteiger partial charge in [0.05, 0.1) is 11.4 Å². The second-order valence-electron chi connectivity index (χ2n) is 7.20. The number of rotatable bonds is 5. The summed E-state index contributed by atoms with van der Waals surface area (Å²) in [6, 6.07) is 16.1. The Labute approximate surface area is 168 Å². The highest BCUT2D eigenvalue weighted by atomic mass is 16.6. The van der Waals surface area contributed by atoms with E-state index in [0.29, 0.717) is 30.0 Å². The molecule has 1 spiro atoms. The first-order chi connectivity index (χ1) is 14.1. The van der Waals surface area contributed by atoms with E-state index in [4.69, 9.17) is 9.47 Å². The van der Waals surface area contributed by atoms with Crippen LogP contribution in [0.3, 0.4) is 0 Å². The van der Waals surface area contributed by atoms with Crippen molar-refractivity contribution in [2.75, 3.05) is 23.4 Å². The summed E-state index contributed by atoms with van der Waals surface area (Å²) in [5.41, 5.74) is 0.302. The molecule has 2 aromatic carbocycles. The molecule has 0 atom stereocenters. The van der Waals surface area contributed by atoms with Crippen LogP contribution in [0.5, 0.6) is 5.75 Å². The number of fused-ring (bicyclic) bond motifs is 1. The molecule has 1 heterocycles. The maximum atomic E-state index is 13.1. The smallest absolute Gasteiger partial charge is 0.344 e. The first-order valence-corrected chi connectivity index (χ1v) is 9.67. The van der Waals surface area contributed by atoms with Crippen LogP contribution in [0.2, 0.25) is 0 Å². The molecule has 2 aliphatic rings. The molecule has 1 aliphatic heterocycles. The van der Waals surface area contributed by atoms with Gasteiger partial charge in [-0.25, -0.2) is 4.79 Å². The molecular formula is C22H22N2O5. The van der Waals surface area contributed by atoms with Gasteiger partial charge in [0.25, 0.3) is 11.8 Å². The molecule has 0 bridgehead atoms. The van der Waals surface area contributed by atoms with Gasteiger partial charge >= 0.3 is 5.97 Å². The van der Waals surface area contributed by atoms with Gasteiger partial charge in [-0.3, -0.25) is 14.5 Å². The maximum Gasteiger partial charge on any atom is 0.344 e. The van der Waals surface area contributed by atoms with Gasteiger partial charge in [-0.2, -0.15) is 0 Å². The fourth-order valence-electron chi connectivity index (χ4n) is 4.04. The zero-order valence-corrected chi connectivity index (χ0v) is 15.9. The zero-order valence-electron chi connectivity index (χ0n) is 15.9. The molecule has 4 rings (SSSR count). The first kappa shape index (κ1) is 19.0. The quantitative estimate of drug-likeness (QED) is 0.789. The van der Waals surface area contributed by atoms with Gasteiger partial charge in [-0.05, 0) is 37.1 Å². The minimum atomic E-state index is -0.918. The van der Waals surface area contributed by atoms with Crippen LogP contribution in [0.15, 0.2) is 54.6 Å². The molecule has 2 amide bonds. The van der Waals surface area contributed by atoms with Crippen molar-refractivity contribution in [2.45, 2.75) is 31.2 Å². The van der Waals surface area contributed by atoms with Gasteiger partial charge in [0.1, 0.15) is 11.3 Å². The summed E-state index contributed by atoms with van der Waals surface area (Å²) in [5, 5.41) is 2.92. The standard InChI is InChI=1S/C22H22N2O5/c25-19(14-29-20(26)15-28-16-8-2-1-3-9-16)24-18-11-5-4-10-17(18)23-21(27)22(24)12-6-7-13-22/h1-5,8-11H,6-7,12-15H2,(H,23,27). The number of carbonyl (C=O) groups is 3. The molecule has 7 heteroatoms. The van der Waals surface area contributed by atoms with E-state index in [1.54, 1.807) is 42.5 Å². The Morgan fingerprint density at radius 3 is 2.41 bits per heavy atom. The van der Waals surface area contributed by atoms with E-state index in [1.807, 2.05) is 12.1 Å². The molecule has 1 saturated carbocycles. The van der Waals surface area contributed by atoms with E-state index in [0.717, 1.165) is 12.8 Å². The summed E-state index contributed by atoms with van der Waals surface area (Å²) in [6.07, 6.45) is 2.90. The van der Waals surface area contributed by atoms with Gasteiger partial charge in [0.2, 0.25) is 0 Å². The number of esters is 1. The Hall–Kier alpha value is -3.35. The second-order valence-corrected chi connectivity index (χ2v) is 7.20. The maximum absolute atomic E-state index is 13.1. The van der Waals surface area contributed by atoms with Gasteiger partial charge in [0, 0.05) is 0 Å². The number of nitrogens with zero attached hydrogens (tertiary/aromatic N) is 1. The fraction of sp³-hybridized carbons (Fsp3) is 0.318. The van der Waals surface area contributed by atoms with Crippen LogP contribution in [-0.4, -0.2) is 36.5 Å². The zero-order chi connectivity index (χ0) is 20.3. The number of hydrogen-bond donors (Lipinski definition) is 1. The molecule has 0 radical (unpaired) electrons. The molecule has 1 fully saturated rings. The van der Waals surface area contributed by atoms with Crippen molar-refractivity contribution in [3.63, 3.8) is 0 Å². The van der Waals surface area contributed by atoms with Crippen LogP contribution in [-0.2, 0) is 19.1 Å². The minimum Gasteiger partial charge on any atom is -0.482 e. The van der Waals surface area contributed by atoms with Gasteiger partial charge in [0.15, 0.2) is 13.2 Å². The van der Waals surface area contributed by atoms with E-state index in [1.165, 1.54) is 4.90 Å². The Morgan fingerprint density at radius 2 is 1.66 bits per heavy atom. The highest BCUT2D eigenvalue weighted by Crippen LogP contribution is 2.45. The SMILES string of the molecule is O=C(COc1ccccc1)OCC(=O)N1c2ccccc2NC(=O)C12CCCC2. The number of ether oxygens (including phenoxy) is 2. The molecular weight excluding hydrogens is 372 g/mol. The van der Waals surface area contributed by atoms with Crippen LogP contribution in [0, 0.1) is 0 Å². The summed E-state index contributed by atoms with van der Waals surface area (Å²) < 4.78 is 10.5. The van der Waals surface area contributed by atoms with Crippen LogP contribution in [0.4, 0.5) is 11.4 Å². The molecule has 2 aromatic rings. The van der Waals surface area contributed by atoms with Crippen molar-refractivity contribution in [3.8, 4) is 5.75 Å². The van der Waals surface area contributed by atoms with E-state index in [2.05, 4.69) is 5.32 Å². The predicted octanol–water partition coefficient (Wildman–Crippen LogP) is 2.91. The summed E-state index contributed by atoms with van der Waals surface area (Å²) in [5.74, 6) is -0.692. The lowest BCUT2D eigenvalue weighted by atomic mass is 9.90. The van der Waals surface area contributed by atoms with Crippen LogP contribution < -0.4 is 15.0 Å². The lowest BCUT2D eigenvalue weighted by molar-refractivity contribution is -0.150. The van der Waals surface area contributed by atoms with Crippen LogP contribution in [0.25, 0.3) is 0 Å². The third kappa shape index (κ3) is 3.68. The summed E-state index contributed by atoms with van der Waals surface area (Å²) in [6.45, 7) is -0.736. The first-order valence-electron chi connectivity index (χ1n) is 9.67. The Morgan fingerprint density at radius 1 is 0.966 bits per heavy atom. The Balaban J connectivity index is 1.46. The number of hydrogen-bond acceptors (Lipinski definition) is 5. The summed E-state index contributed by atoms with van der Waals surface area (Å²) in [4.78, 5) is 39.5.